The van der Waals surface area contributed by atoms with Gasteiger partial charge in [0.15, 0.2) is 0 Å². The summed E-state index contributed by atoms with van der Waals surface area (Å²) in [6.07, 6.45) is 1.06. The third-order valence-corrected chi connectivity index (χ3v) is 0.201. The standard InChI is InChI=1S/C3H5NO.Fe.Ni/c1-2-3(4)5;;/h2H,1H2,(H2,4,5);;. The Morgan fingerprint density at radius 3 is 1.86 bits per heavy atom. The number of amides is 1. The minimum atomic E-state index is -0.481. The summed E-state index contributed by atoms with van der Waals surface area (Å²) < 4.78 is 0. The quantitative estimate of drug-likeness (QED) is 0.441. The van der Waals surface area contributed by atoms with E-state index >= 15 is 0 Å². The minimum absolute atomic E-state index is 0. The number of primary amides is 1. The van der Waals surface area contributed by atoms with Gasteiger partial charge in [0.25, 0.3) is 0 Å². The summed E-state index contributed by atoms with van der Waals surface area (Å²) in [5.74, 6) is -0.481. The number of nitrogens with two attached hydrogens (primary N) is 1. The molecule has 2 N–H and O–H groups in total. The molecule has 0 unspecified atom stereocenters. The summed E-state index contributed by atoms with van der Waals surface area (Å²) in [6.45, 7) is 3.09. The fourth-order valence-electron chi connectivity index (χ4n) is 0. The second-order valence-corrected chi connectivity index (χ2v) is 0.606. The van der Waals surface area contributed by atoms with Gasteiger partial charge in [-0.2, -0.15) is 0 Å². The maximum atomic E-state index is 9.47. The van der Waals surface area contributed by atoms with Crippen molar-refractivity contribution in [2.24, 2.45) is 5.73 Å². The SMILES string of the molecule is C=CC(N)=O.[Fe].[Ni]. The van der Waals surface area contributed by atoms with E-state index in [-0.39, 0.29) is 33.6 Å². The third kappa shape index (κ3) is 22.5. The number of hydrogen-bond donors (Lipinski definition) is 1. The third-order valence-electron chi connectivity index (χ3n) is 0.201. The molecule has 0 radical (unpaired) electrons. The van der Waals surface area contributed by atoms with E-state index in [2.05, 4.69) is 12.3 Å². The topological polar surface area (TPSA) is 43.1 Å². The molecule has 0 saturated heterocycles. The smallest absolute Gasteiger partial charge is 0.240 e. The van der Waals surface area contributed by atoms with Crippen LogP contribution in [0.4, 0.5) is 0 Å². The van der Waals surface area contributed by atoms with E-state index in [1.54, 1.807) is 0 Å². The number of hydrogen-bond acceptors (Lipinski definition) is 1. The molecule has 0 aliphatic carbocycles. The molecule has 0 bridgehead atoms. The van der Waals surface area contributed by atoms with Gasteiger partial charge in [-0.05, 0) is 6.08 Å². The zero-order valence-electron chi connectivity index (χ0n) is 3.44. The Morgan fingerprint density at radius 1 is 1.71 bits per heavy atom. The first-order valence-electron chi connectivity index (χ1n) is 1.19. The molecule has 7 heavy (non-hydrogen) atoms. The molecule has 0 aliphatic heterocycles. The molecule has 0 aliphatic rings. The van der Waals surface area contributed by atoms with Crippen molar-refractivity contribution in [3.05, 3.63) is 12.7 Å². The molecular weight excluding hydrogens is 181 g/mol. The molecule has 0 aromatic rings. The molecule has 2 nitrogen and oxygen atoms in total. The molecule has 4 heteroatoms. The van der Waals surface area contributed by atoms with E-state index in [0.29, 0.717) is 0 Å². The van der Waals surface area contributed by atoms with Crippen LogP contribution in [0.15, 0.2) is 12.7 Å². The zero-order chi connectivity index (χ0) is 4.28. The molecule has 0 saturated carbocycles. The Hall–Kier alpha value is 0.223. The van der Waals surface area contributed by atoms with Gasteiger partial charge in [-0.15, -0.1) is 0 Å². The Kier molecular flexibility index (Phi) is 21.3. The van der Waals surface area contributed by atoms with Gasteiger partial charge in [0.2, 0.25) is 5.91 Å². The van der Waals surface area contributed by atoms with Crippen molar-refractivity contribution in [3.8, 4) is 0 Å². The van der Waals surface area contributed by atoms with Gasteiger partial charge in [0, 0.05) is 33.6 Å². The normalized spacial score (nSPS) is 4.57. The second kappa shape index (κ2) is 9.52. The first kappa shape index (κ1) is 15.7. The Bertz CT molecular complexity index is 66.0. The summed E-state index contributed by atoms with van der Waals surface area (Å²) in [4.78, 5) is 9.47. The fourth-order valence-corrected chi connectivity index (χ4v) is 0. The van der Waals surface area contributed by atoms with Crippen LogP contribution in [0.25, 0.3) is 0 Å². The van der Waals surface area contributed by atoms with Crippen LogP contribution in [0.2, 0.25) is 0 Å². The van der Waals surface area contributed by atoms with E-state index in [1.165, 1.54) is 0 Å². The monoisotopic (exact) mass is 185 g/mol. The van der Waals surface area contributed by atoms with Gasteiger partial charge < -0.3 is 5.73 Å². The summed E-state index contributed by atoms with van der Waals surface area (Å²) in [5, 5.41) is 0. The van der Waals surface area contributed by atoms with Crippen LogP contribution in [-0.2, 0) is 38.4 Å². The van der Waals surface area contributed by atoms with Crippen molar-refractivity contribution >= 4 is 5.91 Å². The van der Waals surface area contributed by atoms with Crippen molar-refractivity contribution in [3.63, 3.8) is 0 Å². The molecule has 0 fully saturated rings. The summed E-state index contributed by atoms with van der Waals surface area (Å²) >= 11 is 0. The van der Waals surface area contributed by atoms with Gasteiger partial charge in [0.1, 0.15) is 0 Å². The van der Waals surface area contributed by atoms with Crippen LogP contribution < -0.4 is 5.73 Å². The summed E-state index contributed by atoms with van der Waals surface area (Å²) in [6, 6.07) is 0. The molecule has 0 rings (SSSR count). The molecule has 0 aromatic heterocycles. The van der Waals surface area contributed by atoms with Crippen molar-refractivity contribution in [1.29, 1.82) is 0 Å². The minimum Gasteiger partial charge on any atom is -0.366 e. The Balaban J connectivity index is -0.0000000800. The average molecular weight is 186 g/mol. The fraction of sp³-hybridized carbons (Fsp3) is 0. The van der Waals surface area contributed by atoms with Gasteiger partial charge in [-0.3, -0.25) is 4.79 Å². The van der Waals surface area contributed by atoms with E-state index in [4.69, 9.17) is 0 Å². The van der Waals surface area contributed by atoms with Gasteiger partial charge in [0.05, 0.1) is 0 Å². The van der Waals surface area contributed by atoms with Crippen molar-refractivity contribution in [1.82, 2.24) is 0 Å². The molecule has 1 amide bonds. The maximum absolute atomic E-state index is 9.47. The summed E-state index contributed by atoms with van der Waals surface area (Å²) in [5.41, 5.74) is 4.53. The summed E-state index contributed by atoms with van der Waals surface area (Å²) in [7, 11) is 0. The largest absolute Gasteiger partial charge is 0.366 e. The van der Waals surface area contributed by atoms with Gasteiger partial charge >= 0.3 is 0 Å². The first-order valence-corrected chi connectivity index (χ1v) is 1.19. The predicted octanol–water partition coefficient (Wildman–Crippen LogP) is -0.347. The Morgan fingerprint density at radius 2 is 1.86 bits per heavy atom. The molecule has 0 aromatic carbocycles. The van der Waals surface area contributed by atoms with Crippen molar-refractivity contribution < 1.29 is 38.4 Å². The number of carbonyl (C=O) groups excluding carboxylic acids is 1. The van der Waals surface area contributed by atoms with E-state index in [9.17, 15) is 4.79 Å². The van der Waals surface area contributed by atoms with Gasteiger partial charge in [-0.1, -0.05) is 6.58 Å². The average Bonchev–Trinajstić information content (AvgIpc) is 1.38. The van der Waals surface area contributed by atoms with E-state index in [0.717, 1.165) is 6.08 Å². The van der Waals surface area contributed by atoms with Crippen LogP contribution in [0.5, 0.6) is 0 Å². The van der Waals surface area contributed by atoms with Crippen LogP contribution in [0.1, 0.15) is 0 Å². The molecular formula is C3H5FeNNiO. The molecule has 46 valence electrons. The van der Waals surface area contributed by atoms with Crippen molar-refractivity contribution in [2.75, 3.05) is 0 Å². The maximum Gasteiger partial charge on any atom is 0.240 e. The number of carbonyl (C=O) groups is 1. The number of rotatable bonds is 1. The molecule has 0 heterocycles. The van der Waals surface area contributed by atoms with E-state index in [1.807, 2.05) is 0 Å². The molecule has 0 atom stereocenters. The Labute approximate surface area is 62.9 Å². The van der Waals surface area contributed by atoms with Crippen LogP contribution in [0.3, 0.4) is 0 Å². The van der Waals surface area contributed by atoms with Crippen LogP contribution in [-0.4, -0.2) is 5.91 Å². The van der Waals surface area contributed by atoms with E-state index < -0.39 is 5.91 Å². The zero-order valence-corrected chi connectivity index (χ0v) is 5.53. The first-order chi connectivity index (χ1) is 2.27. The predicted molar refractivity (Wildman–Crippen MR) is 19.4 cm³/mol. The van der Waals surface area contributed by atoms with Crippen LogP contribution >= 0.6 is 0 Å². The van der Waals surface area contributed by atoms with Crippen LogP contribution in [0, 0.1) is 0 Å². The molecule has 0 spiro atoms. The van der Waals surface area contributed by atoms with Gasteiger partial charge in [-0.25, -0.2) is 0 Å². The van der Waals surface area contributed by atoms with Crippen molar-refractivity contribution in [2.45, 2.75) is 0 Å². The second-order valence-electron chi connectivity index (χ2n) is 0.606.